The molecule has 0 saturated carbocycles. The maximum Gasteiger partial charge on any atom is 0.410 e. The molecule has 2 aliphatic heterocycles. The maximum absolute atomic E-state index is 11.0. The van der Waals surface area contributed by atoms with E-state index in [1.54, 1.807) is 0 Å². The van der Waals surface area contributed by atoms with Crippen LogP contribution in [0, 0.1) is 5.41 Å². The predicted octanol–water partition coefficient (Wildman–Crippen LogP) is 1.24. The van der Waals surface area contributed by atoms with Crippen LogP contribution in [0.3, 0.4) is 0 Å². The normalized spacial score (nSPS) is 33.8. The van der Waals surface area contributed by atoms with Gasteiger partial charge in [0.2, 0.25) is 0 Å². The van der Waals surface area contributed by atoms with Gasteiger partial charge in [-0.25, -0.2) is 4.79 Å². The molecule has 11 heavy (non-hydrogen) atoms. The lowest BCUT2D eigenvalue weighted by molar-refractivity contribution is 0.152. The topological polar surface area (TPSA) is 29.5 Å². The largest absolute Gasteiger partial charge is 0.447 e. The van der Waals surface area contributed by atoms with Crippen LogP contribution in [0.15, 0.2) is 0 Å². The van der Waals surface area contributed by atoms with Crippen molar-refractivity contribution >= 4 is 6.09 Å². The van der Waals surface area contributed by atoms with E-state index in [2.05, 4.69) is 13.8 Å². The number of cyclic esters (lactones) is 1. The van der Waals surface area contributed by atoms with Crippen LogP contribution in [-0.4, -0.2) is 30.2 Å². The highest BCUT2D eigenvalue weighted by Gasteiger charge is 2.44. The van der Waals surface area contributed by atoms with Gasteiger partial charge in [0.15, 0.2) is 0 Å². The van der Waals surface area contributed by atoms with E-state index in [1.807, 2.05) is 4.90 Å². The van der Waals surface area contributed by atoms with Crippen molar-refractivity contribution in [2.24, 2.45) is 5.41 Å². The van der Waals surface area contributed by atoms with E-state index < -0.39 is 0 Å². The number of carbonyl (C=O) groups excluding carboxylic acids is 1. The van der Waals surface area contributed by atoms with Crippen LogP contribution in [0.25, 0.3) is 0 Å². The average Bonchev–Trinajstić information content (AvgIpc) is 2.31. The Balaban J connectivity index is 2.16. The lowest BCUT2D eigenvalue weighted by Crippen LogP contribution is -2.28. The van der Waals surface area contributed by atoms with Gasteiger partial charge >= 0.3 is 6.09 Å². The number of rotatable bonds is 0. The van der Waals surface area contributed by atoms with E-state index in [1.165, 1.54) is 0 Å². The molecule has 1 unspecified atom stereocenters. The summed E-state index contributed by atoms with van der Waals surface area (Å²) in [6.45, 7) is 5.84. The number of amides is 1. The molecule has 2 aliphatic rings. The molecule has 0 aromatic rings. The summed E-state index contributed by atoms with van der Waals surface area (Å²) in [6.07, 6.45) is 0.958. The molecule has 3 heteroatoms. The Hall–Kier alpha value is -0.730. The molecule has 2 saturated heterocycles. The Labute approximate surface area is 66.3 Å². The molecule has 2 rings (SSSR count). The Morgan fingerprint density at radius 1 is 1.64 bits per heavy atom. The number of carbonyl (C=O) groups is 1. The van der Waals surface area contributed by atoms with Crippen LogP contribution >= 0.6 is 0 Å². The highest BCUT2D eigenvalue weighted by atomic mass is 16.6. The van der Waals surface area contributed by atoms with Crippen molar-refractivity contribution in [2.45, 2.75) is 26.3 Å². The predicted molar refractivity (Wildman–Crippen MR) is 40.2 cm³/mol. The summed E-state index contributed by atoms with van der Waals surface area (Å²) in [5.41, 5.74) is 0.296. The molecule has 0 N–H and O–H groups in total. The second-order valence-electron chi connectivity index (χ2n) is 4.23. The fourth-order valence-corrected chi connectivity index (χ4v) is 2.02. The van der Waals surface area contributed by atoms with Crippen LogP contribution in [0.5, 0.6) is 0 Å². The molecule has 0 bridgehead atoms. The van der Waals surface area contributed by atoms with Gasteiger partial charge in [-0.1, -0.05) is 13.8 Å². The molecule has 0 radical (unpaired) electrons. The zero-order valence-corrected chi connectivity index (χ0v) is 6.96. The highest BCUT2D eigenvalue weighted by molar-refractivity contribution is 5.70. The lowest BCUT2D eigenvalue weighted by atomic mass is 9.91. The first-order valence-electron chi connectivity index (χ1n) is 4.02. The second kappa shape index (κ2) is 1.90. The van der Waals surface area contributed by atoms with Crippen LogP contribution in [0.1, 0.15) is 20.3 Å². The molecule has 3 nitrogen and oxygen atoms in total. The average molecular weight is 155 g/mol. The smallest absolute Gasteiger partial charge is 0.410 e. The first-order chi connectivity index (χ1) is 5.08. The molecular weight excluding hydrogens is 142 g/mol. The van der Waals surface area contributed by atoms with E-state index in [0.717, 1.165) is 13.0 Å². The Kier molecular flexibility index (Phi) is 1.20. The van der Waals surface area contributed by atoms with Crippen molar-refractivity contribution in [2.75, 3.05) is 13.2 Å². The third kappa shape index (κ3) is 0.988. The van der Waals surface area contributed by atoms with Crippen molar-refractivity contribution in [3.63, 3.8) is 0 Å². The first-order valence-corrected chi connectivity index (χ1v) is 4.02. The van der Waals surface area contributed by atoms with E-state index in [9.17, 15) is 4.79 Å². The summed E-state index contributed by atoms with van der Waals surface area (Å²) in [5.74, 6) is 0. The zero-order valence-electron chi connectivity index (χ0n) is 6.96. The second-order valence-corrected chi connectivity index (χ2v) is 4.23. The Morgan fingerprint density at radius 2 is 2.36 bits per heavy atom. The van der Waals surface area contributed by atoms with E-state index in [0.29, 0.717) is 18.1 Å². The van der Waals surface area contributed by atoms with Crippen LogP contribution in [0.4, 0.5) is 4.79 Å². The lowest BCUT2D eigenvalue weighted by Gasteiger charge is -2.16. The highest BCUT2D eigenvalue weighted by Crippen LogP contribution is 2.36. The van der Waals surface area contributed by atoms with Crippen molar-refractivity contribution in [1.82, 2.24) is 4.90 Å². The summed E-state index contributed by atoms with van der Waals surface area (Å²) in [5, 5.41) is 0. The molecule has 1 amide bonds. The van der Waals surface area contributed by atoms with E-state index in [4.69, 9.17) is 4.74 Å². The van der Waals surface area contributed by atoms with Crippen molar-refractivity contribution in [3.05, 3.63) is 0 Å². The van der Waals surface area contributed by atoms with Crippen LogP contribution < -0.4 is 0 Å². The number of nitrogens with zero attached hydrogens (tertiary/aromatic N) is 1. The minimum Gasteiger partial charge on any atom is -0.447 e. The standard InChI is InChI=1S/C8H13NO2/c1-8(2)3-6-4-11-7(10)9(6)5-8/h6H,3-5H2,1-2H3. The minimum atomic E-state index is -0.124. The summed E-state index contributed by atoms with van der Waals surface area (Å²) in [4.78, 5) is 12.9. The first kappa shape index (κ1) is 6.95. The molecule has 0 aliphatic carbocycles. The van der Waals surface area contributed by atoms with Crippen molar-refractivity contribution in [1.29, 1.82) is 0 Å². The van der Waals surface area contributed by atoms with Gasteiger partial charge in [-0.05, 0) is 11.8 Å². The zero-order chi connectivity index (χ0) is 8.06. The SMILES string of the molecule is CC1(C)CC2COC(=O)N2C1. The molecular formula is C8H13NO2. The van der Waals surface area contributed by atoms with Crippen LogP contribution in [0.2, 0.25) is 0 Å². The summed E-state index contributed by atoms with van der Waals surface area (Å²) < 4.78 is 4.90. The van der Waals surface area contributed by atoms with Gasteiger partial charge in [0.05, 0.1) is 6.04 Å². The minimum absolute atomic E-state index is 0.124. The maximum atomic E-state index is 11.0. The van der Waals surface area contributed by atoms with Gasteiger partial charge in [0.1, 0.15) is 6.61 Å². The van der Waals surface area contributed by atoms with Gasteiger partial charge in [0.25, 0.3) is 0 Å². The van der Waals surface area contributed by atoms with Gasteiger partial charge < -0.3 is 9.64 Å². The molecule has 0 aromatic heterocycles. The summed E-state index contributed by atoms with van der Waals surface area (Å²) >= 11 is 0. The van der Waals surface area contributed by atoms with E-state index >= 15 is 0 Å². The fourth-order valence-electron chi connectivity index (χ4n) is 2.02. The molecule has 0 spiro atoms. The summed E-state index contributed by atoms with van der Waals surface area (Å²) in [7, 11) is 0. The molecule has 0 aromatic carbocycles. The molecule has 2 fully saturated rings. The number of hydrogen-bond acceptors (Lipinski definition) is 2. The Bertz CT molecular complexity index is 200. The van der Waals surface area contributed by atoms with Gasteiger partial charge in [-0.15, -0.1) is 0 Å². The number of fused-ring (bicyclic) bond motifs is 1. The Morgan fingerprint density at radius 3 is 3.00 bits per heavy atom. The number of ether oxygens (including phenoxy) is 1. The van der Waals surface area contributed by atoms with Gasteiger partial charge in [-0.3, -0.25) is 0 Å². The monoisotopic (exact) mass is 155 g/mol. The summed E-state index contributed by atoms with van der Waals surface area (Å²) in [6, 6.07) is 0.359. The van der Waals surface area contributed by atoms with E-state index in [-0.39, 0.29) is 6.09 Å². The van der Waals surface area contributed by atoms with Gasteiger partial charge in [-0.2, -0.15) is 0 Å². The quantitative estimate of drug-likeness (QED) is 0.526. The van der Waals surface area contributed by atoms with Gasteiger partial charge in [0, 0.05) is 6.54 Å². The third-order valence-electron chi connectivity index (χ3n) is 2.46. The molecule has 1 atom stereocenters. The number of hydrogen-bond donors (Lipinski definition) is 0. The molecule has 2 heterocycles. The fraction of sp³-hybridized carbons (Fsp3) is 0.875. The van der Waals surface area contributed by atoms with Crippen LogP contribution in [-0.2, 0) is 4.74 Å². The van der Waals surface area contributed by atoms with Crippen molar-refractivity contribution in [3.8, 4) is 0 Å². The molecule has 62 valence electrons. The van der Waals surface area contributed by atoms with Crippen molar-refractivity contribution < 1.29 is 9.53 Å². The third-order valence-corrected chi connectivity index (χ3v) is 2.46.